The molecule has 0 radical (unpaired) electrons. The van der Waals surface area contributed by atoms with Gasteiger partial charge in [0.05, 0.1) is 0 Å². The van der Waals surface area contributed by atoms with Gasteiger partial charge in [-0.2, -0.15) is 0 Å². The molecule has 2 heteroatoms. The molecular formula is C37H41NS. The molecule has 1 nitrogen and oxygen atoms in total. The number of hydrogen-bond donors (Lipinski definition) is 1. The molecule has 1 aliphatic carbocycles. The fourth-order valence-corrected chi connectivity index (χ4v) is 7.16. The summed E-state index contributed by atoms with van der Waals surface area (Å²) in [6, 6.07) is 24.7. The van der Waals surface area contributed by atoms with Gasteiger partial charge in [0.1, 0.15) is 0 Å². The van der Waals surface area contributed by atoms with E-state index in [1.807, 2.05) is 11.8 Å². The minimum absolute atomic E-state index is 0.0109. The second kappa shape index (κ2) is 11.5. The number of thioether (sulfide) groups is 1. The fourth-order valence-electron chi connectivity index (χ4n) is 5.94. The molecular weight excluding hydrogens is 490 g/mol. The van der Waals surface area contributed by atoms with Crippen LogP contribution in [0.5, 0.6) is 0 Å². The van der Waals surface area contributed by atoms with E-state index in [0.29, 0.717) is 11.2 Å². The van der Waals surface area contributed by atoms with Gasteiger partial charge in [-0.15, -0.1) is 11.8 Å². The highest BCUT2D eigenvalue weighted by Crippen LogP contribution is 2.47. The molecule has 2 aliphatic rings. The number of rotatable bonds is 6. The van der Waals surface area contributed by atoms with Gasteiger partial charge >= 0.3 is 0 Å². The number of nitrogens with one attached hydrogen (secondary N) is 1. The third-order valence-corrected chi connectivity index (χ3v) is 9.51. The summed E-state index contributed by atoms with van der Waals surface area (Å²) in [5.41, 5.74) is 12.2. The molecule has 3 aromatic rings. The van der Waals surface area contributed by atoms with Gasteiger partial charge in [-0.3, -0.25) is 0 Å². The van der Waals surface area contributed by atoms with Crippen LogP contribution in [0.25, 0.3) is 5.57 Å². The van der Waals surface area contributed by atoms with Crippen molar-refractivity contribution in [2.45, 2.75) is 75.9 Å². The highest BCUT2D eigenvalue weighted by Gasteiger charge is 2.34. The molecule has 0 bridgehead atoms. The molecule has 0 fully saturated rings. The molecule has 2 atom stereocenters. The predicted molar refractivity (Wildman–Crippen MR) is 172 cm³/mol. The molecule has 5 rings (SSSR count). The smallest absolute Gasteiger partial charge is 0.0381 e. The lowest BCUT2D eigenvalue weighted by molar-refractivity contribution is 0.652. The predicted octanol–water partition coefficient (Wildman–Crippen LogP) is 10.5. The third-order valence-electron chi connectivity index (χ3n) is 8.25. The number of hydrogen-bond acceptors (Lipinski definition) is 2. The molecule has 200 valence electrons. The normalized spacial score (nSPS) is 21.8. The van der Waals surface area contributed by atoms with Crippen molar-refractivity contribution in [1.82, 2.24) is 0 Å². The summed E-state index contributed by atoms with van der Waals surface area (Å²) >= 11 is 1.98. The largest absolute Gasteiger partial charge is 0.359 e. The average molecular weight is 532 g/mol. The van der Waals surface area contributed by atoms with Crippen molar-refractivity contribution in [3.05, 3.63) is 136 Å². The molecule has 1 heterocycles. The number of benzene rings is 3. The molecule has 0 aromatic heterocycles. The van der Waals surface area contributed by atoms with Crippen molar-refractivity contribution in [2.24, 2.45) is 0 Å². The van der Waals surface area contributed by atoms with Crippen molar-refractivity contribution >= 4 is 23.0 Å². The van der Waals surface area contributed by atoms with E-state index in [4.69, 9.17) is 0 Å². The highest BCUT2D eigenvalue weighted by molar-refractivity contribution is 8.00. The Balaban J connectivity index is 1.36. The lowest BCUT2D eigenvalue weighted by Crippen LogP contribution is -2.17. The van der Waals surface area contributed by atoms with Gasteiger partial charge in [0, 0.05) is 32.9 Å². The van der Waals surface area contributed by atoms with E-state index in [2.05, 4.69) is 144 Å². The molecule has 1 aliphatic heterocycles. The summed E-state index contributed by atoms with van der Waals surface area (Å²) in [5, 5.41) is 4.17. The Morgan fingerprint density at radius 1 is 0.923 bits per heavy atom. The van der Waals surface area contributed by atoms with Gasteiger partial charge in [-0.25, -0.2) is 0 Å². The zero-order valence-corrected chi connectivity index (χ0v) is 25.0. The summed E-state index contributed by atoms with van der Waals surface area (Å²) < 4.78 is 0. The number of anilines is 1. The minimum atomic E-state index is 0.0109. The van der Waals surface area contributed by atoms with Crippen molar-refractivity contribution in [3.63, 3.8) is 0 Å². The SMILES string of the molecule is CC/C(=C\C1=C(C)c2ccccc2C1(C)C)Nc1ccc(Cc2cccc3c2SC(C)/C=C\C=C/C3C)cc1. The summed E-state index contributed by atoms with van der Waals surface area (Å²) in [7, 11) is 0. The van der Waals surface area contributed by atoms with E-state index in [0.717, 1.165) is 18.5 Å². The van der Waals surface area contributed by atoms with Crippen LogP contribution in [0.1, 0.15) is 81.7 Å². The summed E-state index contributed by atoms with van der Waals surface area (Å²) in [6.07, 6.45) is 13.3. The van der Waals surface area contributed by atoms with E-state index in [9.17, 15) is 0 Å². The Bertz CT molecular complexity index is 1470. The minimum Gasteiger partial charge on any atom is -0.359 e. The average Bonchev–Trinajstić information content (AvgIpc) is 3.16. The van der Waals surface area contributed by atoms with Crippen LogP contribution in [0.15, 0.2) is 113 Å². The molecule has 2 unspecified atom stereocenters. The third kappa shape index (κ3) is 5.72. The maximum absolute atomic E-state index is 3.72. The van der Waals surface area contributed by atoms with Gasteiger partial charge in [0.2, 0.25) is 0 Å². The fraction of sp³-hybridized carbons (Fsp3) is 0.297. The van der Waals surface area contributed by atoms with Crippen LogP contribution >= 0.6 is 11.8 Å². The van der Waals surface area contributed by atoms with Crippen LogP contribution < -0.4 is 5.32 Å². The molecule has 0 saturated heterocycles. The first-order chi connectivity index (χ1) is 18.8. The molecule has 3 aromatic carbocycles. The Kier molecular flexibility index (Phi) is 8.05. The van der Waals surface area contributed by atoms with Crippen LogP contribution in [0.3, 0.4) is 0 Å². The number of fused-ring (bicyclic) bond motifs is 2. The lowest BCUT2D eigenvalue weighted by atomic mass is 9.80. The standard InChI is InChI=1S/C37H41NS/c1-7-30(24-35-27(4)33-16-10-11-18-34(33)37(35,5)6)38-31-21-19-28(20-22-31)23-29-15-12-17-32-25(2)13-8-9-14-26(3)39-36(29)32/h8-22,24-26,38H,7,23H2,1-6H3/b13-8-,14-9-,30-24+. The first-order valence-electron chi connectivity index (χ1n) is 14.3. The maximum Gasteiger partial charge on any atom is 0.0381 e. The van der Waals surface area contributed by atoms with E-state index < -0.39 is 0 Å². The van der Waals surface area contributed by atoms with E-state index >= 15 is 0 Å². The van der Waals surface area contributed by atoms with Crippen molar-refractivity contribution in [3.8, 4) is 0 Å². The molecule has 0 saturated carbocycles. The van der Waals surface area contributed by atoms with Crippen molar-refractivity contribution < 1.29 is 0 Å². The van der Waals surface area contributed by atoms with Crippen LogP contribution in [-0.4, -0.2) is 5.25 Å². The Morgan fingerprint density at radius 2 is 1.67 bits per heavy atom. The lowest BCUT2D eigenvalue weighted by Gasteiger charge is -2.24. The van der Waals surface area contributed by atoms with Gasteiger partial charge in [0.25, 0.3) is 0 Å². The summed E-state index contributed by atoms with van der Waals surface area (Å²) in [5.74, 6) is 0.407. The van der Waals surface area contributed by atoms with E-state index in [1.165, 1.54) is 49.6 Å². The first kappa shape index (κ1) is 27.3. The summed E-state index contributed by atoms with van der Waals surface area (Å²) in [4.78, 5) is 1.44. The quantitative estimate of drug-likeness (QED) is 0.339. The van der Waals surface area contributed by atoms with Crippen LogP contribution in [0.2, 0.25) is 0 Å². The molecule has 0 spiro atoms. The van der Waals surface area contributed by atoms with Gasteiger partial charge in [-0.05, 0) is 83.9 Å². The monoisotopic (exact) mass is 531 g/mol. The van der Waals surface area contributed by atoms with Gasteiger partial charge < -0.3 is 5.32 Å². The van der Waals surface area contributed by atoms with Crippen LogP contribution in [0, 0.1) is 0 Å². The zero-order chi connectivity index (χ0) is 27.6. The first-order valence-corrected chi connectivity index (χ1v) is 15.2. The van der Waals surface area contributed by atoms with E-state index in [-0.39, 0.29) is 5.41 Å². The Hall–Kier alpha value is -3.23. The highest BCUT2D eigenvalue weighted by atomic mass is 32.2. The second-order valence-electron chi connectivity index (χ2n) is 11.4. The Labute approximate surface area is 239 Å². The number of allylic oxidation sites excluding steroid dienone is 7. The maximum atomic E-state index is 3.72. The molecule has 1 N–H and O–H groups in total. The van der Waals surface area contributed by atoms with Crippen LogP contribution in [-0.2, 0) is 11.8 Å². The van der Waals surface area contributed by atoms with E-state index in [1.54, 1.807) is 0 Å². The van der Waals surface area contributed by atoms with Crippen molar-refractivity contribution in [2.75, 3.05) is 5.32 Å². The molecule has 39 heavy (non-hydrogen) atoms. The summed E-state index contributed by atoms with van der Waals surface area (Å²) in [6.45, 7) is 13.8. The van der Waals surface area contributed by atoms with Crippen molar-refractivity contribution in [1.29, 1.82) is 0 Å². The van der Waals surface area contributed by atoms with Crippen LogP contribution in [0.4, 0.5) is 5.69 Å². The zero-order valence-electron chi connectivity index (χ0n) is 24.2. The molecule has 0 amide bonds. The van der Waals surface area contributed by atoms with Gasteiger partial charge in [-0.1, -0.05) is 107 Å². The topological polar surface area (TPSA) is 12.0 Å². The second-order valence-corrected chi connectivity index (χ2v) is 12.8. The Morgan fingerprint density at radius 3 is 2.41 bits per heavy atom. The van der Waals surface area contributed by atoms with Gasteiger partial charge in [0.15, 0.2) is 0 Å².